The average Bonchev–Trinajstić information content (AvgIpc) is 3.90. The Bertz CT molecular complexity index is 2260. The van der Waals surface area contributed by atoms with Gasteiger partial charge in [-0.05, 0) is 66.3 Å². The number of allylic oxidation sites excluding steroid dienone is 1. The molecule has 5 aliphatic rings. The molecule has 0 saturated carbocycles. The minimum Gasteiger partial charge on any atom is -0.363 e. The zero-order valence-corrected chi connectivity index (χ0v) is 29.5. The zero-order valence-electron chi connectivity index (χ0n) is 29.5. The SMILES string of the molecule is [C-]#[N+]C1=CN(CC2CC3c4cc(CCN5C=C(C#N)N(c6ccccc6)C5)cc(c4)CCN4C=C([N+]#[C-])N(c5ccccc52)C34)CN1c1ccccc1. The van der Waals surface area contributed by atoms with Gasteiger partial charge in [-0.25, -0.2) is 0 Å². The largest absolute Gasteiger partial charge is 0.363 e. The Morgan fingerprint density at radius 1 is 0.755 bits per heavy atom. The van der Waals surface area contributed by atoms with Gasteiger partial charge in [0.15, 0.2) is 6.17 Å². The van der Waals surface area contributed by atoms with E-state index in [2.05, 4.69) is 106 Å². The van der Waals surface area contributed by atoms with E-state index in [0.29, 0.717) is 30.7 Å². The molecule has 2 bridgehead atoms. The van der Waals surface area contributed by atoms with Crippen molar-refractivity contribution in [1.29, 1.82) is 5.26 Å². The van der Waals surface area contributed by atoms with Gasteiger partial charge in [0, 0.05) is 61.3 Å². The van der Waals surface area contributed by atoms with Crippen LogP contribution in [-0.4, -0.2) is 53.8 Å². The third-order valence-corrected chi connectivity index (χ3v) is 11.3. The summed E-state index contributed by atoms with van der Waals surface area (Å²) in [5, 5.41) is 9.92. The lowest BCUT2D eigenvalue weighted by atomic mass is 9.81. The Labute approximate surface area is 311 Å². The summed E-state index contributed by atoms with van der Waals surface area (Å²) in [7, 11) is 0. The summed E-state index contributed by atoms with van der Waals surface area (Å²) in [6.45, 7) is 19.9. The van der Waals surface area contributed by atoms with E-state index in [9.17, 15) is 5.26 Å². The topological polar surface area (TPSA) is 52.0 Å². The zero-order chi connectivity index (χ0) is 35.9. The van der Waals surface area contributed by atoms with Crippen molar-refractivity contribution in [2.24, 2.45) is 0 Å². The highest BCUT2D eigenvalue weighted by Crippen LogP contribution is 2.49. The molecule has 0 spiro atoms. The molecular weight excluding hydrogens is 655 g/mol. The fourth-order valence-corrected chi connectivity index (χ4v) is 8.87. The summed E-state index contributed by atoms with van der Waals surface area (Å²) in [4.78, 5) is 21.4. The van der Waals surface area contributed by atoms with Crippen LogP contribution in [0, 0.1) is 24.5 Å². The lowest BCUT2D eigenvalue weighted by Crippen LogP contribution is -2.45. The van der Waals surface area contributed by atoms with Crippen molar-refractivity contribution < 1.29 is 0 Å². The van der Waals surface area contributed by atoms with E-state index in [1.54, 1.807) is 0 Å². The third-order valence-electron chi connectivity index (χ3n) is 11.3. The maximum absolute atomic E-state index is 9.92. The lowest BCUT2D eigenvalue weighted by Gasteiger charge is -2.37. The second-order valence-electron chi connectivity index (χ2n) is 14.4. The second-order valence-corrected chi connectivity index (χ2v) is 14.4. The minimum atomic E-state index is 0.00141. The third kappa shape index (κ3) is 5.89. The van der Waals surface area contributed by atoms with Crippen LogP contribution in [0.25, 0.3) is 9.69 Å². The maximum Gasteiger partial charge on any atom is 0.247 e. The molecule has 3 atom stereocenters. The molecular formula is C44H39N9. The van der Waals surface area contributed by atoms with Crippen LogP contribution in [0.4, 0.5) is 17.1 Å². The Morgan fingerprint density at radius 2 is 1.47 bits per heavy atom. The summed E-state index contributed by atoms with van der Waals surface area (Å²) in [5.41, 5.74) is 9.02. The first-order valence-corrected chi connectivity index (χ1v) is 18.3. The number of benzene rings is 4. The first-order chi connectivity index (χ1) is 26.1. The van der Waals surface area contributed by atoms with Crippen molar-refractivity contribution in [2.75, 3.05) is 47.7 Å². The molecule has 9 rings (SSSR count). The van der Waals surface area contributed by atoms with Crippen LogP contribution >= 0.6 is 0 Å². The molecule has 0 fully saturated rings. The van der Waals surface area contributed by atoms with E-state index in [0.717, 1.165) is 56.0 Å². The van der Waals surface area contributed by atoms with Gasteiger partial charge >= 0.3 is 0 Å². The van der Waals surface area contributed by atoms with Gasteiger partial charge in [-0.3, -0.25) is 9.80 Å². The van der Waals surface area contributed by atoms with Gasteiger partial charge in [0.1, 0.15) is 29.8 Å². The van der Waals surface area contributed by atoms with Gasteiger partial charge in [-0.2, -0.15) is 5.26 Å². The van der Waals surface area contributed by atoms with Gasteiger partial charge in [-0.15, -0.1) is 0 Å². The van der Waals surface area contributed by atoms with Gasteiger partial charge in [-0.1, -0.05) is 85.9 Å². The summed E-state index contributed by atoms with van der Waals surface area (Å²) in [5.74, 6) is 1.62. The van der Waals surface area contributed by atoms with Gasteiger partial charge < -0.3 is 29.3 Å². The number of para-hydroxylation sites is 3. The first-order valence-electron chi connectivity index (χ1n) is 18.3. The number of nitrogens with zero attached hydrogens (tertiary/aromatic N) is 9. The van der Waals surface area contributed by atoms with E-state index in [-0.39, 0.29) is 18.0 Å². The second kappa shape index (κ2) is 13.5. The summed E-state index contributed by atoms with van der Waals surface area (Å²) < 4.78 is 0. The molecule has 0 radical (unpaired) electrons. The Balaban J connectivity index is 1.03. The van der Waals surface area contributed by atoms with E-state index in [4.69, 9.17) is 13.1 Å². The standard InChI is InChI=1S/C44H39N9/c1-46-42-28-49(31-52(42)37-13-7-4-8-14-37)26-35-24-40-34-22-32(17-19-48-27-38(25-45)51(30-48)36-11-5-3-6-12-36)21-33(23-34)18-20-50-29-43(47-2)53(44(40)50)41-16-10-9-15-39(35)41/h3-16,21-23,27-29,35,40,44H,17-20,24,26,30-31H2. The van der Waals surface area contributed by atoms with Crippen LogP contribution < -0.4 is 14.7 Å². The summed E-state index contributed by atoms with van der Waals surface area (Å²) in [6.07, 6.45) is 8.78. The molecule has 5 aliphatic heterocycles. The molecule has 0 aliphatic carbocycles. The van der Waals surface area contributed by atoms with Crippen LogP contribution in [0.3, 0.4) is 0 Å². The summed E-state index contributed by atoms with van der Waals surface area (Å²) >= 11 is 0. The molecule has 0 N–H and O–H groups in total. The quantitative estimate of drug-likeness (QED) is 0.183. The van der Waals surface area contributed by atoms with E-state index >= 15 is 0 Å². The molecule has 4 aromatic carbocycles. The van der Waals surface area contributed by atoms with E-state index < -0.39 is 0 Å². The highest BCUT2D eigenvalue weighted by atomic mass is 15.4. The van der Waals surface area contributed by atoms with Gasteiger partial charge in [0.05, 0.1) is 6.67 Å². The van der Waals surface area contributed by atoms with Crippen molar-refractivity contribution in [3.8, 4) is 6.07 Å². The number of rotatable bonds is 7. The number of hydrogen-bond acceptors (Lipinski definition) is 7. The average molecular weight is 694 g/mol. The molecule has 0 amide bonds. The maximum atomic E-state index is 9.92. The molecule has 0 saturated heterocycles. The Hall–Kier alpha value is -6.63. The Morgan fingerprint density at radius 3 is 2.23 bits per heavy atom. The number of fused-ring (bicyclic) bond motifs is 5. The van der Waals surface area contributed by atoms with Crippen LogP contribution in [0.5, 0.6) is 0 Å². The van der Waals surface area contributed by atoms with Crippen LogP contribution in [-0.2, 0) is 12.8 Å². The molecule has 5 heterocycles. The number of nitriles is 1. The number of anilines is 3. The molecule has 4 aromatic rings. The molecule has 9 nitrogen and oxygen atoms in total. The predicted molar refractivity (Wildman–Crippen MR) is 207 cm³/mol. The van der Waals surface area contributed by atoms with Crippen molar-refractivity contribution in [3.63, 3.8) is 0 Å². The molecule has 53 heavy (non-hydrogen) atoms. The molecule has 260 valence electrons. The number of hydrogen-bond donors (Lipinski definition) is 0. The van der Waals surface area contributed by atoms with Crippen LogP contribution in [0.2, 0.25) is 0 Å². The van der Waals surface area contributed by atoms with E-state index in [1.807, 2.05) is 60.9 Å². The van der Waals surface area contributed by atoms with Crippen molar-refractivity contribution >= 4 is 17.1 Å². The van der Waals surface area contributed by atoms with Crippen molar-refractivity contribution in [2.45, 2.75) is 37.3 Å². The monoisotopic (exact) mass is 693 g/mol. The van der Waals surface area contributed by atoms with Gasteiger partial charge in [0.2, 0.25) is 11.6 Å². The first kappa shape index (κ1) is 32.3. The molecule has 0 aromatic heterocycles. The molecule has 3 unspecified atom stereocenters. The normalized spacial score (nSPS) is 21.3. The van der Waals surface area contributed by atoms with Crippen molar-refractivity contribution in [1.82, 2.24) is 14.7 Å². The fraction of sp³-hybridized carbons (Fsp3) is 0.250. The minimum absolute atomic E-state index is 0.00141. The Kier molecular flexibility index (Phi) is 8.22. The summed E-state index contributed by atoms with van der Waals surface area (Å²) in [6, 6.07) is 38.5. The lowest BCUT2D eigenvalue weighted by molar-refractivity contribution is 0.244. The van der Waals surface area contributed by atoms with Gasteiger partial charge in [0.25, 0.3) is 0 Å². The fourth-order valence-electron chi connectivity index (χ4n) is 8.87. The van der Waals surface area contributed by atoms with E-state index in [1.165, 1.54) is 22.3 Å². The smallest absolute Gasteiger partial charge is 0.247 e. The predicted octanol–water partition coefficient (Wildman–Crippen LogP) is 7.87. The van der Waals surface area contributed by atoms with Crippen molar-refractivity contribution in [3.05, 3.63) is 184 Å². The highest BCUT2D eigenvalue weighted by molar-refractivity contribution is 5.65. The van der Waals surface area contributed by atoms with Crippen LogP contribution in [0.15, 0.2) is 139 Å². The highest BCUT2D eigenvalue weighted by Gasteiger charge is 2.48. The molecule has 9 heteroatoms. The van der Waals surface area contributed by atoms with Crippen LogP contribution in [0.1, 0.15) is 40.5 Å².